The molecule has 0 aromatic heterocycles. The Labute approximate surface area is 449 Å². The van der Waals surface area contributed by atoms with E-state index in [1.165, 1.54) is 26.4 Å². The second-order valence-corrected chi connectivity index (χ2v) is 20.4. The molecule has 1 atom stereocenters. The van der Waals surface area contributed by atoms with Crippen molar-refractivity contribution in [2.45, 2.75) is 54.3 Å². The van der Waals surface area contributed by atoms with Gasteiger partial charge in [0.15, 0.2) is 10.6 Å². The van der Waals surface area contributed by atoms with E-state index in [0.29, 0.717) is 5.75 Å². The number of hydrogen-bond acceptors (Lipinski definition) is 1. The number of ketones is 1. The van der Waals surface area contributed by atoms with Crippen LogP contribution in [0.15, 0.2) is 163 Å². The third-order valence-electron chi connectivity index (χ3n) is 13.0. The average Bonchev–Trinajstić information content (AvgIpc) is 3.06. The summed E-state index contributed by atoms with van der Waals surface area (Å²) in [6, 6.07) is 20.0. The number of Topliss-reactive ketones (excluding diaryl/α,β-unsaturated/α-hetero) is 1. The molecule has 0 aliphatic rings. The molecule has 8 aromatic rings. The minimum absolute atomic E-state index is 0.144. The Kier molecular flexibility index (Phi) is 16.5. The van der Waals surface area contributed by atoms with Crippen molar-refractivity contribution < 1.29 is 110 Å². The Bertz CT molecular complexity index is 3220. The highest BCUT2D eigenvalue weighted by Gasteiger charge is 2.47. The fourth-order valence-corrected chi connectivity index (χ4v) is 11.0. The van der Waals surface area contributed by atoms with Gasteiger partial charge in [0.1, 0.15) is 12.4 Å². The molecule has 8 aromatic carbocycles. The number of carbonyl (C=O) groups excluding carboxylic acids is 1. The summed E-state index contributed by atoms with van der Waals surface area (Å²) in [4.78, 5) is 13.9. The second-order valence-electron chi connectivity index (χ2n) is 18.4. The van der Waals surface area contributed by atoms with E-state index < -0.39 is 195 Å². The molecule has 0 N–H and O–H groups in total. The summed E-state index contributed by atoms with van der Waals surface area (Å²) >= 11 is 0. The zero-order chi connectivity index (χ0) is 61.1. The van der Waals surface area contributed by atoms with E-state index in [1.807, 2.05) is 30.3 Å². The topological polar surface area (TPSA) is 17.1 Å². The highest BCUT2D eigenvalue weighted by molar-refractivity contribution is 7.97. The lowest BCUT2D eigenvalue weighted by Gasteiger charge is -2.46. The van der Waals surface area contributed by atoms with Crippen LogP contribution in [0.2, 0.25) is 0 Å². The fourth-order valence-electron chi connectivity index (χ4n) is 9.36. The lowest BCUT2D eigenvalue weighted by atomic mass is 9.12. The van der Waals surface area contributed by atoms with Gasteiger partial charge in [0.2, 0.25) is 5.78 Å². The molecular weight excluding hydrogens is 1180 g/mol. The molecule has 0 saturated heterocycles. The first kappa shape index (κ1) is 62.3. The summed E-state index contributed by atoms with van der Waals surface area (Å²) in [5, 5.41) is 5.03. The van der Waals surface area contributed by atoms with Gasteiger partial charge in [-0.2, -0.15) is 127 Å². The molecule has 0 bridgehead atoms. The monoisotopic (exact) mass is 1210 g/mol. The number of carbonyl (C=O) groups is 1. The Balaban J connectivity index is 0.000000318. The molecule has 8 rings (SSSR count). The van der Waals surface area contributed by atoms with Gasteiger partial charge < -0.3 is 0 Å². The number of hydrogen-bond donors (Lipinski definition) is 0. The van der Waals surface area contributed by atoms with Crippen LogP contribution < -0.4 is 21.9 Å². The van der Waals surface area contributed by atoms with Gasteiger partial charge in [-0.1, -0.05) is 121 Å². The van der Waals surface area contributed by atoms with Crippen LogP contribution in [-0.4, -0.2) is 23.9 Å². The highest BCUT2D eigenvalue weighted by atomic mass is 32.2. The first-order valence-corrected chi connectivity index (χ1v) is 24.8. The van der Waals surface area contributed by atoms with Gasteiger partial charge in [0.25, 0.3) is 0 Å². The van der Waals surface area contributed by atoms with Crippen molar-refractivity contribution >= 4 is 66.2 Å². The maximum Gasteiger partial charge on any atom is 0.416 e. The van der Waals surface area contributed by atoms with Gasteiger partial charge in [0.05, 0.1) is 44.5 Å². The van der Waals surface area contributed by atoms with Crippen LogP contribution in [-0.2, 0) is 60.3 Å². The first-order chi connectivity index (χ1) is 37.5. The fraction of sp³-hybridized carbons (Fsp3) is 0.182. The van der Waals surface area contributed by atoms with Crippen molar-refractivity contribution in [2.75, 3.05) is 12.0 Å². The number of alkyl halides is 24. The van der Waals surface area contributed by atoms with E-state index in [2.05, 4.69) is 60.9 Å². The molecule has 0 fully saturated rings. The zero-order valence-electron chi connectivity index (χ0n) is 40.7. The van der Waals surface area contributed by atoms with E-state index in [0.717, 1.165) is 5.56 Å². The Hall–Kier alpha value is -7.32. The summed E-state index contributed by atoms with van der Waals surface area (Å²) in [7, 11) is -0.144. The Morgan fingerprint density at radius 1 is 0.329 bits per heavy atom. The SMILES string of the molecule is C[S+](CC(=O)c1ccccc1)c1cc2ccccc2c2ccccc12.FC(F)(F)c1cc([B-](c2cc(C(F)(F)F)cc(C(F)(F)F)c2)(c2cc(C(F)(F)F)cc(C(F)(F)F)c2)c2cc(C(F)(F)F)cc(C(F)(F)F)c2)cc(C(F)(F)F)c1. The van der Waals surface area contributed by atoms with Crippen molar-refractivity contribution in [3.8, 4) is 0 Å². The molecule has 0 spiro atoms. The summed E-state index contributed by atoms with van der Waals surface area (Å²) in [5.41, 5.74) is -29.4. The van der Waals surface area contributed by atoms with Crippen LogP contribution in [0.5, 0.6) is 0 Å². The summed E-state index contributed by atoms with van der Waals surface area (Å²) in [6.45, 7) is 0. The van der Waals surface area contributed by atoms with E-state index in [9.17, 15) is 110 Å². The smallest absolute Gasteiger partial charge is 0.289 e. The maximum atomic E-state index is 14.2. The maximum absolute atomic E-state index is 14.2. The molecule has 0 amide bonds. The predicted octanol–water partition coefficient (Wildman–Crippen LogP) is 16.7. The van der Waals surface area contributed by atoms with Crippen LogP contribution in [0, 0.1) is 0 Å². The van der Waals surface area contributed by atoms with Crippen molar-refractivity contribution in [3.63, 3.8) is 0 Å². The van der Waals surface area contributed by atoms with Gasteiger partial charge >= 0.3 is 49.4 Å². The van der Waals surface area contributed by atoms with E-state index in [4.69, 9.17) is 0 Å². The van der Waals surface area contributed by atoms with Crippen molar-refractivity contribution in [1.29, 1.82) is 0 Å². The number of benzene rings is 8. The lowest BCUT2D eigenvalue weighted by molar-refractivity contribution is -0.144. The number of fused-ring (bicyclic) bond motifs is 3. The van der Waals surface area contributed by atoms with Gasteiger partial charge in [-0.3, -0.25) is 4.79 Å². The first-order valence-electron chi connectivity index (χ1n) is 23.0. The minimum Gasteiger partial charge on any atom is -0.289 e. The van der Waals surface area contributed by atoms with Gasteiger partial charge in [-0.25, -0.2) is 0 Å². The minimum atomic E-state index is -6.13. The molecule has 82 heavy (non-hydrogen) atoms. The Morgan fingerprint density at radius 3 is 0.878 bits per heavy atom. The van der Waals surface area contributed by atoms with Gasteiger partial charge in [-0.15, -0.1) is 0 Å². The van der Waals surface area contributed by atoms with Crippen LogP contribution in [0.4, 0.5) is 105 Å². The third kappa shape index (κ3) is 13.4. The van der Waals surface area contributed by atoms with Crippen LogP contribution in [0.25, 0.3) is 21.5 Å². The van der Waals surface area contributed by atoms with Crippen LogP contribution in [0.1, 0.15) is 54.9 Å². The third-order valence-corrected chi connectivity index (χ3v) is 14.8. The highest BCUT2D eigenvalue weighted by Crippen LogP contribution is 2.42. The Morgan fingerprint density at radius 2 is 0.585 bits per heavy atom. The molecule has 0 heterocycles. The molecular formula is C55H31BF24OS. The average molecular weight is 1210 g/mol. The number of halogens is 24. The summed E-state index contributed by atoms with van der Waals surface area (Å²) in [5.74, 6) is 0.760. The molecule has 0 radical (unpaired) electrons. The summed E-state index contributed by atoms with van der Waals surface area (Å²) in [6.07, 6.45) is -52.6. The largest absolute Gasteiger partial charge is 0.416 e. The second kappa shape index (κ2) is 21.8. The molecule has 434 valence electrons. The van der Waals surface area contributed by atoms with E-state index in [-0.39, 0.29) is 16.7 Å². The molecule has 0 saturated carbocycles. The van der Waals surface area contributed by atoms with Crippen molar-refractivity contribution in [3.05, 3.63) is 208 Å². The number of rotatable bonds is 8. The lowest BCUT2D eigenvalue weighted by Crippen LogP contribution is -2.75. The predicted molar refractivity (Wildman–Crippen MR) is 259 cm³/mol. The molecule has 0 aliphatic heterocycles. The molecule has 27 heteroatoms. The van der Waals surface area contributed by atoms with Crippen molar-refractivity contribution in [2.24, 2.45) is 0 Å². The normalized spacial score (nSPS) is 13.7. The quantitative estimate of drug-likeness (QED) is 0.0487. The van der Waals surface area contributed by atoms with Crippen LogP contribution in [0.3, 0.4) is 0 Å². The van der Waals surface area contributed by atoms with Gasteiger partial charge in [0, 0.05) is 27.9 Å². The summed E-state index contributed by atoms with van der Waals surface area (Å²) < 4.78 is 341. The van der Waals surface area contributed by atoms with Gasteiger partial charge in [-0.05, 0) is 46.5 Å². The molecule has 0 aliphatic carbocycles. The standard InChI is InChI=1S/C32H12BF24.C23H19OS/c34-25(35,36)13-1-14(26(37,38)39)6-21(5-13)33(22-7-15(27(40,41)42)2-16(8-22)28(43,44)45,23-9-17(29(46,47)48)3-18(10-23)30(49,50)51)24-11-19(31(52,53)54)4-20(12-24)32(55,56)57;1-25(16-22(24)17-9-3-2-4-10-17)23-15-18-11-5-6-12-19(18)20-13-7-8-14-21(20)23/h1-12H;2-15H,16H2,1H3/q-1;+1. The zero-order valence-corrected chi connectivity index (χ0v) is 41.5. The molecule has 1 nitrogen and oxygen atoms in total. The van der Waals surface area contributed by atoms with Crippen LogP contribution >= 0.6 is 0 Å². The molecule has 1 unspecified atom stereocenters. The van der Waals surface area contributed by atoms with E-state index in [1.54, 1.807) is 0 Å². The van der Waals surface area contributed by atoms with Crippen molar-refractivity contribution in [1.82, 2.24) is 0 Å². The van der Waals surface area contributed by atoms with E-state index >= 15 is 0 Å².